The van der Waals surface area contributed by atoms with E-state index in [1.54, 1.807) is 39.5 Å². The maximum atomic E-state index is 12.2. The summed E-state index contributed by atoms with van der Waals surface area (Å²) >= 11 is 0. The van der Waals surface area contributed by atoms with Crippen molar-refractivity contribution in [2.24, 2.45) is 0 Å². The molecule has 3 N–H and O–H groups in total. The third-order valence-electron chi connectivity index (χ3n) is 5.00. The molecule has 0 fully saturated rings. The average molecular weight is 478 g/mol. The van der Waals surface area contributed by atoms with Gasteiger partial charge in [0, 0.05) is 36.6 Å². The fourth-order valence-electron chi connectivity index (χ4n) is 3.28. The molecule has 184 valence electrons. The van der Waals surface area contributed by atoms with Gasteiger partial charge in [0.2, 0.25) is 17.6 Å². The van der Waals surface area contributed by atoms with Gasteiger partial charge in [0.15, 0.2) is 11.5 Å². The molecule has 3 rings (SSSR count). The summed E-state index contributed by atoms with van der Waals surface area (Å²) < 4.78 is 16.0. The van der Waals surface area contributed by atoms with E-state index in [9.17, 15) is 4.79 Å². The highest BCUT2D eigenvalue weighted by molar-refractivity contribution is 5.91. The smallest absolute Gasteiger partial charge is 0.244 e. The standard InChI is InChI=1S/C26H31N5O4/c1-17-6-9-20(10-7-17)30-23-14-18(2)29-26(31-23)28-13-12-27-24(32)11-8-19-15-21(33-3)25(35-5)22(16-19)34-4/h6-11,14-16H,12-13H2,1-5H3,(H,27,32)(H2,28,29,30,31)/b11-8+. The van der Waals surface area contributed by atoms with E-state index in [1.165, 1.54) is 11.6 Å². The Morgan fingerprint density at radius 2 is 1.60 bits per heavy atom. The van der Waals surface area contributed by atoms with Crippen molar-refractivity contribution in [2.75, 3.05) is 45.1 Å². The number of aryl methyl sites for hydroxylation is 2. The first-order chi connectivity index (χ1) is 16.9. The van der Waals surface area contributed by atoms with Crippen LogP contribution in [0.15, 0.2) is 48.5 Å². The highest BCUT2D eigenvalue weighted by Gasteiger charge is 2.12. The molecule has 0 radical (unpaired) electrons. The van der Waals surface area contributed by atoms with Gasteiger partial charge in [-0.05, 0) is 49.8 Å². The van der Waals surface area contributed by atoms with Gasteiger partial charge in [0.05, 0.1) is 21.3 Å². The van der Waals surface area contributed by atoms with Crippen molar-refractivity contribution >= 4 is 29.4 Å². The van der Waals surface area contributed by atoms with Crippen molar-refractivity contribution < 1.29 is 19.0 Å². The zero-order valence-corrected chi connectivity index (χ0v) is 20.6. The van der Waals surface area contributed by atoms with Gasteiger partial charge in [0.25, 0.3) is 0 Å². The zero-order chi connectivity index (χ0) is 25.2. The van der Waals surface area contributed by atoms with Crippen molar-refractivity contribution in [2.45, 2.75) is 13.8 Å². The normalized spacial score (nSPS) is 10.7. The van der Waals surface area contributed by atoms with E-state index in [0.29, 0.717) is 42.1 Å². The van der Waals surface area contributed by atoms with Crippen LogP contribution in [0.2, 0.25) is 0 Å². The Labute approximate surface area is 205 Å². The van der Waals surface area contributed by atoms with Crippen LogP contribution in [0.4, 0.5) is 17.5 Å². The molecule has 0 bridgehead atoms. The number of nitrogens with one attached hydrogen (secondary N) is 3. The van der Waals surface area contributed by atoms with E-state index in [4.69, 9.17) is 14.2 Å². The molecule has 0 spiro atoms. The number of anilines is 3. The fraction of sp³-hybridized carbons (Fsp3) is 0.269. The predicted octanol–water partition coefficient (Wildman–Crippen LogP) is 4.10. The second-order valence-electron chi connectivity index (χ2n) is 7.72. The summed E-state index contributed by atoms with van der Waals surface area (Å²) in [4.78, 5) is 21.1. The minimum atomic E-state index is -0.229. The molecule has 9 heteroatoms. The van der Waals surface area contributed by atoms with Crippen molar-refractivity contribution in [3.05, 3.63) is 65.4 Å². The monoisotopic (exact) mass is 477 g/mol. The summed E-state index contributed by atoms with van der Waals surface area (Å²) in [6, 6.07) is 13.5. The van der Waals surface area contributed by atoms with E-state index >= 15 is 0 Å². The number of carbonyl (C=O) groups is 1. The Morgan fingerprint density at radius 1 is 0.914 bits per heavy atom. The second-order valence-corrected chi connectivity index (χ2v) is 7.72. The largest absolute Gasteiger partial charge is 0.493 e. The van der Waals surface area contributed by atoms with E-state index in [0.717, 1.165) is 16.9 Å². The summed E-state index contributed by atoms with van der Waals surface area (Å²) in [6.07, 6.45) is 3.13. The SMILES string of the molecule is COc1cc(/C=C/C(=O)NCCNc2nc(C)cc(Nc3ccc(C)cc3)n2)cc(OC)c1OC. The molecule has 0 unspecified atom stereocenters. The Morgan fingerprint density at radius 3 is 2.23 bits per heavy atom. The lowest BCUT2D eigenvalue weighted by molar-refractivity contribution is -0.116. The van der Waals surface area contributed by atoms with Gasteiger partial charge >= 0.3 is 0 Å². The number of benzene rings is 2. The molecule has 2 aromatic carbocycles. The zero-order valence-electron chi connectivity index (χ0n) is 20.6. The van der Waals surface area contributed by atoms with Crippen LogP contribution < -0.4 is 30.2 Å². The lowest BCUT2D eigenvalue weighted by atomic mass is 10.1. The summed E-state index contributed by atoms with van der Waals surface area (Å²) in [5, 5.41) is 9.26. The molecule has 1 aromatic heterocycles. The molecule has 1 amide bonds. The van der Waals surface area contributed by atoms with Crippen LogP contribution in [0.1, 0.15) is 16.8 Å². The van der Waals surface area contributed by atoms with Gasteiger partial charge in [-0.3, -0.25) is 4.79 Å². The number of hydrogen-bond acceptors (Lipinski definition) is 8. The highest BCUT2D eigenvalue weighted by Crippen LogP contribution is 2.38. The van der Waals surface area contributed by atoms with Crippen molar-refractivity contribution in [1.82, 2.24) is 15.3 Å². The van der Waals surface area contributed by atoms with Gasteiger partial charge in [-0.15, -0.1) is 0 Å². The van der Waals surface area contributed by atoms with Gasteiger partial charge in [-0.25, -0.2) is 4.98 Å². The molecular formula is C26H31N5O4. The van der Waals surface area contributed by atoms with Gasteiger partial charge in [0.1, 0.15) is 5.82 Å². The fourth-order valence-corrected chi connectivity index (χ4v) is 3.28. The minimum absolute atomic E-state index is 0.229. The number of ether oxygens (including phenoxy) is 3. The number of amides is 1. The number of rotatable bonds is 11. The third-order valence-corrected chi connectivity index (χ3v) is 5.00. The van der Waals surface area contributed by atoms with Crippen molar-refractivity contribution in [3.63, 3.8) is 0 Å². The van der Waals surface area contributed by atoms with Gasteiger partial charge < -0.3 is 30.2 Å². The topological polar surface area (TPSA) is 107 Å². The Kier molecular flexibility index (Phi) is 8.89. The molecule has 0 aliphatic heterocycles. The first-order valence-corrected chi connectivity index (χ1v) is 11.1. The van der Waals surface area contributed by atoms with E-state index in [-0.39, 0.29) is 5.91 Å². The van der Waals surface area contributed by atoms with Crippen LogP contribution in [0.25, 0.3) is 6.08 Å². The summed E-state index contributed by atoms with van der Waals surface area (Å²) in [5.74, 6) is 2.49. The second kappa shape index (κ2) is 12.3. The number of nitrogens with zero attached hydrogens (tertiary/aromatic N) is 2. The predicted molar refractivity (Wildman–Crippen MR) is 138 cm³/mol. The van der Waals surface area contributed by atoms with Crippen molar-refractivity contribution in [3.8, 4) is 17.2 Å². The van der Waals surface area contributed by atoms with Crippen LogP contribution in [-0.4, -0.2) is 50.3 Å². The molecule has 0 saturated carbocycles. The molecule has 9 nitrogen and oxygen atoms in total. The molecule has 35 heavy (non-hydrogen) atoms. The summed E-state index contributed by atoms with van der Waals surface area (Å²) in [7, 11) is 4.63. The Hall–Kier alpha value is -4.27. The first-order valence-electron chi connectivity index (χ1n) is 11.1. The van der Waals surface area contributed by atoms with Crippen molar-refractivity contribution in [1.29, 1.82) is 0 Å². The van der Waals surface area contributed by atoms with Crippen LogP contribution in [0.5, 0.6) is 17.2 Å². The molecular weight excluding hydrogens is 446 g/mol. The summed E-state index contributed by atoms with van der Waals surface area (Å²) in [5.41, 5.74) is 3.71. The number of hydrogen-bond donors (Lipinski definition) is 3. The van der Waals surface area contributed by atoms with Crippen LogP contribution in [0.3, 0.4) is 0 Å². The average Bonchev–Trinajstić information content (AvgIpc) is 2.85. The van der Waals surface area contributed by atoms with Crippen LogP contribution in [0, 0.1) is 13.8 Å². The molecule has 0 saturated heterocycles. The first kappa shape index (κ1) is 25.4. The molecule has 3 aromatic rings. The maximum absolute atomic E-state index is 12.2. The molecule has 0 aliphatic rings. The summed E-state index contributed by atoms with van der Waals surface area (Å²) in [6.45, 7) is 4.82. The third kappa shape index (κ3) is 7.36. The Bertz CT molecular complexity index is 1150. The quantitative estimate of drug-likeness (QED) is 0.280. The maximum Gasteiger partial charge on any atom is 0.244 e. The minimum Gasteiger partial charge on any atom is -0.493 e. The number of carbonyl (C=O) groups excluding carboxylic acids is 1. The lowest BCUT2D eigenvalue weighted by Gasteiger charge is -2.12. The van der Waals surface area contributed by atoms with E-state index in [1.807, 2.05) is 44.2 Å². The number of aromatic nitrogens is 2. The van der Waals surface area contributed by atoms with Gasteiger partial charge in [-0.1, -0.05) is 17.7 Å². The van der Waals surface area contributed by atoms with E-state index < -0.39 is 0 Å². The van der Waals surface area contributed by atoms with E-state index in [2.05, 4.69) is 25.9 Å². The van der Waals surface area contributed by atoms with Crippen LogP contribution >= 0.6 is 0 Å². The Balaban J connectivity index is 1.52. The molecule has 1 heterocycles. The molecule has 0 aliphatic carbocycles. The number of methoxy groups -OCH3 is 3. The molecule has 0 atom stereocenters. The van der Waals surface area contributed by atoms with Gasteiger partial charge in [-0.2, -0.15) is 4.98 Å². The lowest BCUT2D eigenvalue weighted by Crippen LogP contribution is -2.27. The van der Waals surface area contributed by atoms with Crippen LogP contribution in [-0.2, 0) is 4.79 Å². The highest BCUT2D eigenvalue weighted by atomic mass is 16.5.